The van der Waals surface area contributed by atoms with Gasteiger partial charge in [-0.2, -0.15) is 0 Å². The van der Waals surface area contributed by atoms with Crippen LogP contribution in [0.5, 0.6) is 0 Å². The largest absolute Gasteiger partial charge is 0.321 e. The smallest absolute Gasteiger partial charge is 0.292 e. The van der Waals surface area contributed by atoms with E-state index in [1.807, 2.05) is 0 Å². The highest BCUT2D eigenvalue weighted by Gasteiger charge is 2.21. The molecule has 2 nitrogen and oxygen atoms in total. The van der Waals surface area contributed by atoms with Gasteiger partial charge in [-0.05, 0) is 11.2 Å². The molecule has 0 rings (SSSR count). The molecule has 0 amide bonds. The molecule has 50 valence electrons. The first-order chi connectivity index (χ1) is 3.50. The number of rotatable bonds is 2. The van der Waals surface area contributed by atoms with Gasteiger partial charge in [-0.1, -0.05) is 13.8 Å². The maximum Gasteiger partial charge on any atom is 0.292 e. The average molecular weight is 157 g/mol. The Labute approximate surface area is 54.4 Å². The van der Waals surface area contributed by atoms with Crippen LogP contribution in [0, 0.1) is 0 Å². The van der Waals surface area contributed by atoms with Crippen molar-refractivity contribution in [2.75, 3.05) is 7.11 Å². The Kier molecular flexibility index (Phi) is 3.03. The van der Waals surface area contributed by atoms with Crippen LogP contribution in [0.3, 0.4) is 0 Å². The second-order valence-electron chi connectivity index (χ2n) is 1.80. The highest BCUT2D eigenvalue weighted by atomic mass is 35.7. The molecule has 0 aromatic rings. The maximum atomic E-state index is 10.8. The Hall–Kier alpha value is 0.480. The van der Waals surface area contributed by atoms with Gasteiger partial charge in [0.2, 0.25) is 0 Å². The Bertz CT molecular complexity index is 113. The molecule has 0 aromatic heterocycles. The SMILES string of the molecule is COP(=O)(Cl)C(C)C. The van der Waals surface area contributed by atoms with Gasteiger partial charge in [-0.3, -0.25) is 4.57 Å². The van der Waals surface area contributed by atoms with Crippen LogP contribution in [0.1, 0.15) is 13.8 Å². The van der Waals surface area contributed by atoms with Crippen LogP contribution in [0.15, 0.2) is 0 Å². The number of halogens is 1. The van der Waals surface area contributed by atoms with Crippen LogP contribution in [-0.4, -0.2) is 12.8 Å². The van der Waals surface area contributed by atoms with Crippen LogP contribution in [-0.2, 0) is 9.09 Å². The molecule has 0 aromatic carbocycles. The number of hydrogen-bond acceptors (Lipinski definition) is 2. The van der Waals surface area contributed by atoms with Crippen molar-refractivity contribution in [2.45, 2.75) is 19.5 Å². The second kappa shape index (κ2) is 2.86. The summed E-state index contributed by atoms with van der Waals surface area (Å²) in [6.45, 7) is 0.749. The van der Waals surface area contributed by atoms with E-state index in [0.29, 0.717) is 0 Å². The lowest BCUT2D eigenvalue weighted by molar-refractivity contribution is 0.402. The van der Waals surface area contributed by atoms with Crippen LogP contribution in [0.4, 0.5) is 0 Å². The average Bonchev–Trinajstić information content (AvgIpc) is 1.67. The topological polar surface area (TPSA) is 26.3 Å². The standard InChI is InChI=1S/C4H10ClO2P/c1-4(2)8(5,6)7-3/h4H,1-3H3. The molecule has 0 aliphatic carbocycles. The van der Waals surface area contributed by atoms with E-state index in [1.165, 1.54) is 7.11 Å². The first-order valence-corrected chi connectivity index (χ1v) is 4.95. The maximum absolute atomic E-state index is 10.8. The fraction of sp³-hybridized carbons (Fsp3) is 1.00. The van der Waals surface area contributed by atoms with Crippen molar-refractivity contribution in [3.8, 4) is 0 Å². The highest BCUT2D eigenvalue weighted by Crippen LogP contribution is 2.55. The summed E-state index contributed by atoms with van der Waals surface area (Å²) in [5, 5.41) is 0. The van der Waals surface area contributed by atoms with Gasteiger partial charge >= 0.3 is 0 Å². The Balaban J connectivity index is 3.93. The summed E-state index contributed by atoms with van der Waals surface area (Å²) in [5.41, 5.74) is -0.0887. The third-order valence-corrected chi connectivity index (χ3v) is 4.18. The summed E-state index contributed by atoms with van der Waals surface area (Å²) in [7, 11) is 1.35. The van der Waals surface area contributed by atoms with Crippen molar-refractivity contribution in [1.29, 1.82) is 0 Å². The molecule has 1 atom stereocenters. The van der Waals surface area contributed by atoms with Crippen LogP contribution < -0.4 is 0 Å². The lowest BCUT2D eigenvalue weighted by atomic mass is 10.6. The molecule has 4 heteroatoms. The molecular weight excluding hydrogens is 146 g/mol. The zero-order valence-corrected chi connectivity index (χ0v) is 6.87. The quantitative estimate of drug-likeness (QED) is 0.574. The first-order valence-electron chi connectivity index (χ1n) is 2.36. The molecule has 0 N–H and O–H groups in total. The van der Waals surface area contributed by atoms with Crippen molar-refractivity contribution in [2.24, 2.45) is 0 Å². The predicted octanol–water partition coefficient (Wildman–Crippen LogP) is 2.47. The molecule has 0 aliphatic rings. The van der Waals surface area contributed by atoms with E-state index in [9.17, 15) is 4.57 Å². The van der Waals surface area contributed by atoms with Gasteiger partial charge in [-0.25, -0.2) is 0 Å². The minimum Gasteiger partial charge on any atom is -0.321 e. The molecule has 0 spiro atoms. The summed E-state index contributed by atoms with van der Waals surface area (Å²) in [6, 6.07) is 0. The Morgan fingerprint density at radius 2 is 2.00 bits per heavy atom. The molecule has 8 heavy (non-hydrogen) atoms. The molecule has 0 saturated carbocycles. The van der Waals surface area contributed by atoms with E-state index in [4.69, 9.17) is 11.2 Å². The van der Waals surface area contributed by atoms with E-state index in [-0.39, 0.29) is 5.66 Å². The molecule has 1 unspecified atom stereocenters. The van der Waals surface area contributed by atoms with Gasteiger partial charge in [0.15, 0.2) is 0 Å². The lowest BCUT2D eigenvalue weighted by Crippen LogP contribution is -1.92. The molecule has 0 bridgehead atoms. The molecular formula is C4H10ClO2P. The van der Waals surface area contributed by atoms with Crippen LogP contribution in [0.25, 0.3) is 0 Å². The van der Waals surface area contributed by atoms with Crippen molar-refractivity contribution >= 4 is 18.0 Å². The first kappa shape index (κ1) is 8.48. The van der Waals surface area contributed by atoms with Gasteiger partial charge in [0.05, 0.1) is 0 Å². The summed E-state index contributed by atoms with van der Waals surface area (Å²) in [6.07, 6.45) is 0. The molecule has 0 aliphatic heterocycles. The second-order valence-corrected chi connectivity index (χ2v) is 5.65. The minimum atomic E-state index is -2.77. The Morgan fingerprint density at radius 1 is 1.62 bits per heavy atom. The monoisotopic (exact) mass is 156 g/mol. The molecule has 0 fully saturated rings. The van der Waals surface area contributed by atoms with Gasteiger partial charge in [-0.15, -0.1) is 0 Å². The van der Waals surface area contributed by atoms with E-state index >= 15 is 0 Å². The normalized spacial score (nSPS) is 18.6. The van der Waals surface area contributed by atoms with Gasteiger partial charge in [0, 0.05) is 12.8 Å². The van der Waals surface area contributed by atoms with Crippen molar-refractivity contribution in [3.63, 3.8) is 0 Å². The molecule has 0 heterocycles. The van der Waals surface area contributed by atoms with Gasteiger partial charge in [0.1, 0.15) is 0 Å². The van der Waals surface area contributed by atoms with E-state index in [2.05, 4.69) is 4.52 Å². The van der Waals surface area contributed by atoms with Gasteiger partial charge in [0.25, 0.3) is 6.72 Å². The van der Waals surface area contributed by atoms with E-state index in [0.717, 1.165) is 0 Å². The predicted molar refractivity (Wildman–Crippen MR) is 35.6 cm³/mol. The van der Waals surface area contributed by atoms with Crippen molar-refractivity contribution in [3.05, 3.63) is 0 Å². The summed E-state index contributed by atoms with van der Waals surface area (Å²) < 4.78 is 15.3. The zero-order valence-electron chi connectivity index (χ0n) is 5.22. The third-order valence-electron chi connectivity index (χ3n) is 0.866. The van der Waals surface area contributed by atoms with E-state index < -0.39 is 6.72 Å². The van der Waals surface area contributed by atoms with Gasteiger partial charge < -0.3 is 4.52 Å². The Morgan fingerprint density at radius 3 is 2.00 bits per heavy atom. The zero-order chi connectivity index (χ0) is 6.78. The highest BCUT2D eigenvalue weighted by molar-refractivity contribution is 7.85. The minimum absolute atomic E-state index is 0.0887. The fourth-order valence-corrected chi connectivity index (χ4v) is 0.632. The lowest BCUT2D eigenvalue weighted by Gasteiger charge is -2.09. The molecule has 0 radical (unpaired) electrons. The van der Waals surface area contributed by atoms with Crippen LogP contribution >= 0.6 is 18.0 Å². The third kappa shape index (κ3) is 2.17. The van der Waals surface area contributed by atoms with Crippen LogP contribution in [0.2, 0.25) is 0 Å². The summed E-state index contributed by atoms with van der Waals surface area (Å²) in [5.74, 6) is 0. The summed E-state index contributed by atoms with van der Waals surface area (Å²) >= 11 is 5.39. The van der Waals surface area contributed by atoms with E-state index in [1.54, 1.807) is 13.8 Å². The molecule has 0 saturated heterocycles. The fourth-order valence-electron chi connectivity index (χ4n) is 0.211. The van der Waals surface area contributed by atoms with Crippen molar-refractivity contribution in [1.82, 2.24) is 0 Å². The number of hydrogen-bond donors (Lipinski definition) is 0. The van der Waals surface area contributed by atoms with Crippen molar-refractivity contribution < 1.29 is 9.09 Å². The summed E-state index contributed by atoms with van der Waals surface area (Å²) in [4.78, 5) is 0.